The van der Waals surface area contributed by atoms with Crippen LogP contribution in [-0.4, -0.2) is 30.5 Å². The SMILES string of the molecule is CC1CCC(C)SC1.CC1COC(C)OC1. The molecule has 2 heterocycles. The third-order valence-electron chi connectivity index (χ3n) is 2.96. The van der Waals surface area contributed by atoms with E-state index < -0.39 is 0 Å². The molecule has 0 spiro atoms. The van der Waals surface area contributed by atoms with Crippen molar-refractivity contribution in [1.29, 1.82) is 0 Å². The van der Waals surface area contributed by atoms with Crippen molar-refractivity contribution in [1.82, 2.24) is 0 Å². The van der Waals surface area contributed by atoms with E-state index in [0.717, 1.165) is 24.4 Å². The van der Waals surface area contributed by atoms with Crippen molar-refractivity contribution >= 4 is 11.8 Å². The molecule has 0 aliphatic carbocycles. The first kappa shape index (κ1) is 14.3. The summed E-state index contributed by atoms with van der Waals surface area (Å²) in [6.45, 7) is 10.4. The fraction of sp³-hybridized carbons (Fsp3) is 1.00. The van der Waals surface area contributed by atoms with Gasteiger partial charge in [-0.1, -0.05) is 20.8 Å². The van der Waals surface area contributed by atoms with Crippen LogP contribution < -0.4 is 0 Å². The standard InChI is InChI=1S/C7H14S.C6H12O2/c1-6-3-4-7(2)8-5-6;1-5-3-7-6(2)8-4-5/h6-7H,3-5H2,1-2H3;5-6H,3-4H2,1-2H3. The molecule has 0 bridgehead atoms. The van der Waals surface area contributed by atoms with Gasteiger partial charge >= 0.3 is 0 Å². The number of hydrogen-bond acceptors (Lipinski definition) is 3. The Kier molecular flexibility index (Phi) is 6.78. The molecule has 2 nitrogen and oxygen atoms in total. The minimum absolute atomic E-state index is 0.0196. The monoisotopic (exact) mass is 246 g/mol. The van der Waals surface area contributed by atoms with Crippen LogP contribution in [0.15, 0.2) is 0 Å². The highest BCUT2D eigenvalue weighted by atomic mass is 32.2. The lowest BCUT2D eigenvalue weighted by Crippen LogP contribution is -2.27. The largest absolute Gasteiger partial charge is 0.353 e. The molecule has 2 fully saturated rings. The maximum atomic E-state index is 5.17. The molecular weight excluding hydrogens is 220 g/mol. The van der Waals surface area contributed by atoms with E-state index in [1.54, 1.807) is 0 Å². The van der Waals surface area contributed by atoms with Crippen LogP contribution in [0.4, 0.5) is 0 Å². The molecule has 3 heteroatoms. The van der Waals surface area contributed by atoms with E-state index in [1.165, 1.54) is 18.6 Å². The van der Waals surface area contributed by atoms with Gasteiger partial charge in [0.25, 0.3) is 0 Å². The van der Waals surface area contributed by atoms with Crippen LogP contribution in [0, 0.1) is 11.8 Å². The molecule has 0 aromatic rings. The van der Waals surface area contributed by atoms with Crippen LogP contribution in [0.5, 0.6) is 0 Å². The average Bonchev–Trinajstić information content (AvgIpc) is 2.28. The van der Waals surface area contributed by atoms with E-state index >= 15 is 0 Å². The van der Waals surface area contributed by atoms with Crippen molar-refractivity contribution in [3.05, 3.63) is 0 Å². The third-order valence-corrected chi connectivity index (χ3v) is 4.53. The molecule has 0 saturated carbocycles. The Balaban J connectivity index is 0.000000160. The number of rotatable bonds is 0. The molecule has 0 aromatic heterocycles. The van der Waals surface area contributed by atoms with Crippen LogP contribution in [0.2, 0.25) is 0 Å². The van der Waals surface area contributed by atoms with E-state index in [4.69, 9.17) is 9.47 Å². The van der Waals surface area contributed by atoms with Gasteiger partial charge < -0.3 is 9.47 Å². The molecule has 16 heavy (non-hydrogen) atoms. The molecule has 0 aromatic carbocycles. The summed E-state index contributed by atoms with van der Waals surface area (Å²) in [6, 6.07) is 0. The summed E-state index contributed by atoms with van der Waals surface area (Å²) in [4.78, 5) is 0. The maximum Gasteiger partial charge on any atom is 0.154 e. The van der Waals surface area contributed by atoms with E-state index in [9.17, 15) is 0 Å². The van der Waals surface area contributed by atoms with Gasteiger partial charge in [0.15, 0.2) is 6.29 Å². The molecule has 2 aliphatic rings. The molecule has 2 rings (SSSR count). The predicted octanol–water partition coefficient (Wildman–Crippen LogP) is 3.55. The lowest BCUT2D eigenvalue weighted by atomic mass is 10.1. The second kappa shape index (κ2) is 7.57. The Labute approximate surface area is 104 Å². The fourth-order valence-electron chi connectivity index (χ4n) is 1.71. The van der Waals surface area contributed by atoms with Crippen LogP contribution in [0.25, 0.3) is 0 Å². The lowest BCUT2D eigenvalue weighted by Gasteiger charge is -2.24. The first-order chi connectivity index (χ1) is 7.58. The first-order valence-corrected chi connectivity index (χ1v) is 7.47. The molecule has 2 aliphatic heterocycles. The van der Waals surface area contributed by atoms with Gasteiger partial charge in [0.1, 0.15) is 0 Å². The first-order valence-electron chi connectivity index (χ1n) is 6.42. The quantitative estimate of drug-likeness (QED) is 0.651. The van der Waals surface area contributed by atoms with Gasteiger partial charge in [-0.3, -0.25) is 0 Å². The third kappa shape index (κ3) is 6.12. The van der Waals surface area contributed by atoms with Crippen molar-refractivity contribution < 1.29 is 9.47 Å². The molecule has 2 unspecified atom stereocenters. The Morgan fingerprint density at radius 1 is 0.875 bits per heavy atom. The van der Waals surface area contributed by atoms with Gasteiger partial charge in [0.05, 0.1) is 13.2 Å². The number of ether oxygens (including phenoxy) is 2. The molecule has 0 radical (unpaired) electrons. The van der Waals surface area contributed by atoms with Crippen molar-refractivity contribution in [2.24, 2.45) is 11.8 Å². The average molecular weight is 246 g/mol. The number of thioether (sulfide) groups is 1. The molecule has 2 atom stereocenters. The smallest absolute Gasteiger partial charge is 0.154 e. The second-order valence-corrected chi connectivity index (χ2v) is 6.64. The van der Waals surface area contributed by atoms with Crippen LogP contribution in [0.1, 0.15) is 40.5 Å². The molecule has 0 amide bonds. The highest BCUT2D eigenvalue weighted by Crippen LogP contribution is 2.27. The van der Waals surface area contributed by atoms with Gasteiger partial charge in [-0.25, -0.2) is 0 Å². The van der Waals surface area contributed by atoms with Crippen molar-refractivity contribution in [3.8, 4) is 0 Å². The Bertz CT molecular complexity index is 131. The van der Waals surface area contributed by atoms with Gasteiger partial charge in [-0.05, 0) is 31.4 Å². The minimum atomic E-state index is 0.0196. The summed E-state index contributed by atoms with van der Waals surface area (Å²) >= 11 is 2.13. The van der Waals surface area contributed by atoms with Crippen LogP contribution >= 0.6 is 11.8 Å². The minimum Gasteiger partial charge on any atom is -0.353 e. The predicted molar refractivity (Wildman–Crippen MR) is 70.8 cm³/mol. The van der Waals surface area contributed by atoms with Gasteiger partial charge in [-0.2, -0.15) is 11.8 Å². The Morgan fingerprint density at radius 3 is 1.88 bits per heavy atom. The number of hydrogen-bond donors (Lipinski definition) is 0. The topological polar surface area (TPSA) is 18.5 Å². The zero-order valence-electron chi connectivity index (χ0n) is 11.1. The molecule has 2 saturated heterocycles. The second-order valence-electron chi connectivity index (χ2n) is 5.17. The fourth-order valence-corrected chi connectivity index (χ4v) is 2.84. The van der Waals surface area contributed by atoms with Gasteiger partial charge in [-0.15, -0.1) is 0 Å². The van der Waals surface area contributed by atoms with Crippen molar-refractivity contribution in [2.45, 2.75) is 52.1 Å². The van der Waals surface area contributed by atoms with Gasteiger partial charge in [0.2, 0.25) is 0 Å². The van der Waals surface area contributed by atoms with E-state index in [0.29, 0.717) is 5.92 Å². The maximum absolute atomic E-state index is 5.17. The summed E-state index contributed by atoms with van der Waals surface area (Å²) in [5.41, 5.74) is 0. The van der Waals surface area contributed by atoms with Gasteiger partial charge in [0, 0.05) is 11.2 Å². The normalized spacial score (nSPS) is 39.8. The zero-order valence-corrected chi connectivity index (χ0v) is 11.9. The summed E-state index contributed by atoms with van der Waals surface area (Å²) in [6.07, 6.45) is 2.91. The van der Waals surface area contributed by atoms with E-state index in [-0.39, 0.29) is 6.29 Å². The highest BCUT2D eigenvalue weighted by molar-refractivity contribution is 7.99. The zero-order chi connectivity index (χ0) is 12.0. The summed E-state index contributed by atoms with van der Waals surface area (Å²) in [7, 11) is 0. The van der Waals surface area contributed by atoms with Crippen molar-refractivity contribution in [2.75, 3.05) is 19.0 Å². The van der Waals surface area contributed by atoms with Crippen LogP contribution in [-0.2, 0) is 9.47 Å². The van der Waals surface area contributed by atoms with Crippen molar-refractivity contribution in [3.63, 3.8) is 0 Å². The van der Waals surface area contributed by atoms with Crippen LogP contribution in [0.3, 0.4) is 0 Å². The summed E-state index contributed by atoms with van der Waals surface area (Å²) < 4.78 is 10.3. The molecular formula is C13H26O2S. The molecule has 96 valence electrons. The Morgan fingerprint density at radius 2 is 1.50 bits per heavy atom. The Hall–Kier alpha value is 0.270. The van der Waals surface area contributed by atoms with E-state index in [2.05, 4.69) is 32.5 Å². The van der Waals surface area contributed by atoms with E-state index in [1.807, 2.05) is 6.92 Å². The molecule has 0 N–H and O–H groups in total. The summed E-state index contributed by atoms with van der Waals surface area (Å²) in [5.74, 6) is 2.95. The highest BCUT2D eigenvalue weighted by Gasteiger charge is 2.14. The summed E-state index contributed by atoms with van der Waals surface area (Å²) in [5, 5.41) is 0.936. The lowest BCUT2D eigenvalue weighted by molar-refractivity contribution is -0.187.